The van der Waals surface area contributed by atoms with Crippen molar-refractivity contribution in [2.24, 2.45) is 11.7 Å². The maximum Gasteiger partial charge on any atom is 0.251 e. The number of hydrogen-bond donors (Lipinski definition) is 2. The molecule has 0 aromatic heterocycles. The molecule has 2 aromatic carbocycles. The summed E-state index contributed by atoms with van der Waals surface area (Å²) in [7, 11) is -0.603. The van der Waals surface area contributed by atoms with Crippen LogP contribution in [0.1, 0.15) is 28.8 Å². The number of sulfonamides is 1. The fraction of sp³-hybridized carbons (Fsp3) is 0.364. The largest absolute Gasteiger partial charge is 0.371 e. The Labute approximate surface area is 183 Å². The number of nitrogens with zero attached hydrogens (tertiary/aromatic N) is 2. The molecule has 1 aliphatic rings. The van der Waals surface area contributed by atoms with Crippen LogP contribution in [0.15, 0.2) is 53.4 Å². The molecule has 1 fully saturated rings. The van der Waals surface area contributed by atoms with Gasteiger partial charge in [-0.15, -0.1) is 0 Å². The van der Waals surface area contributed by atoms with Crippen LogP contribution in [0, 0.1) is 5.92 Å². The zero-order chi connectivity index (χ0) is 22.6. The van der Waals surface area contributed by atoms with Crippen LogP contribution in [0.4, 0.5) is 5.69 Å². The summed E-state index contributed by atoms with van der Waals surface area (Å²) in [6.45, 7) is 1.87. The summed E-state index contributed by atoms with van der Waals surface area (Å²) >= 11 is 0. The molecule has 3 rings (SSSR count). The molecular weight excluding hydrogens is 416 g/mol. The van der Waals surface area contributed by atoms with Gasteiger partial charge in [-0.2, -0.15) is 0 Å². The third-order valence-electron chi connectivity index (χ3n) is 5.47. The summed E-state index contributed by atoms with van der Waals surface area (Å²) in [5, 5.41) is 2.84. The van der Waals surface area contributed by atoms with Crippen LogP contribution >= 0.6 is 0 Å². The van der Waals surface area contributed by atoms with Crippen molar-refractivity contribution in [3.8, 4) is 0 Å². The van der Waals surface area contributed by atoms with Gasteiger partial charge < -0.3 is 16.0 Å². The zero-order valence-corrected chi connectivity index (χ0v) is 18.6. The molecular formula is C22H28N4O4S. The molecule has 9 heteroatoms. The van der Waals surface area contributed by atoms with E-state index >= 15 is 0 Å². The van der Waals surface area contributed by atoms with E-state index in [1.165, 1.54) is 38.4 Å². The number of primary amides is 1. The number of carbonyl (C=O) groups is 2. The predicted octanol–water partition coefficient (Wildman–Crippen LogP) is 1.57. The van der Waals surface area contributed by atoms with Crippen LogP contribution in [0.2, 0.25) is 0 Å². The van der Waals surface area contributed by atoms with E-state index in [0.29, 0.717) is 18.7 Å². The first-order valence-corrected chi connectivity index (χ1v) is 11.6. The Hall–Kier alpha value is -2.91. The molecule has 0 spiro atoms. The molecule has 8 nitrogen and oxygen atoms in total. The highest BCUT2D eigenvalue weighted by molar-refractivity contribution is 7.89. The second kappa shape index (κ2) is 9.49. The second-order valence-corrected chi connectivity index (χ2v) is 10.0. The summed E-state index contributed by atoms with van der Waals surface area (Å²) in [5.74, 6) is -0.651. The average molecular weight is 445 g/mol. The molecule has 31 heavy (non-hydrogen) atoms. The molecule has 1 saturated heterocycles. The topological polar surface area (TPSA) is 113 Å². The van der Waals surface area contributed by atoms with Gasteiger partial charge in [0, 0.05) is 45.0 Å². The molecule has 2 amide bonds. The Morgan fingerprint density at radius 3 is 2.32 bits per heavy atom. The Morgan fingerprint density at radius 2 is 1.74 bits per heavy atom. The van der Waals surface area contributed by atoms with Crippen molar-refractivity contribution in [2.45, 2.75) is 24.3 Å². The molecule has 2 aromatic rings. The minimum atomic E-state index is -3.52. The molecule has 1 heterocycles. The van der Waals surface area contributed by atoms with Gasteiger partial charge >= 0.3 is 0 Å². The molecule has 3 N–H and O–H groups in total. The number of nitrogens with two attached hydrogens (primary N) is 1. The van der Waals surface area contributed by atoms with Crippen molar-refractivity contribution >= 4 is 27.5 Å². The highest BCUT2D eigenvalue weighted by Gasteiger charge is 2.24. The van der Waals surface area contributed by atoms with Gasteiger partial charge in [0.25, 0.3) is 5.91 Å². The van der Waals surface area contributed by atoms with E-state index in [9.17, 15) is 18.0 Å². The average Bonchev–Trinajstić information content (AvgIpc) is 2.78. The monoisotopic (exact) mass is 444 g/mol. The van der Waals surface area contributed by atoms with Gasteiger partial charge in [0.2, 0.25) is 15.9 Å². The van der Waals surface area contributed by atoms with Gasteiger partial charge in [0.1, 0.15) is 0 Å². The van der Waals surface area contributed by atoms with E-state index in [1.807, 2.05) is 24.3 Å². The third kappa shape index (κ3) is 5.42. The second-order valence-electron chi connectivity index (χ2n) is 7.85. The van der Waals surface area contributed by atoms with Gasteiger partial charge in [-0.05, 0) is 54.8 Å². The highest BCUT2D eigenvalue weighted by Crippen LogP contribution is 2.23. The normalized spacial score (nSPS) is 16.9. The Bertz CT molecular complexity index is 1030. The van der Waals surface area contributed by atoms with Crippen molar-refractivity contribution < 1.29 is 18.0 Å². The molecule has 0 radical (unpaired) electrons. The first-order chi connectivity index (χ1) is 14.7. The van der Waals surface area contributed by atoms with Crippen molar-refractivity contribution in [2.75, 3.05) is 32.1 Å². The van der Waals surface area contributed by atoms with E-state index in [1.54, 1.807) is 0 Å². The first-order valence-electron chi connectivity index (χ1n) is 10.1. The maximum absolute atomic E-state index is 12.4. The SMILES string of the molecule is CN(C)S(=O)(=O)c1ccc(C(=O)NCc2ccc(N3CCCC(C(N)=O)C3)cc2)cc1. The molecule has 1 atom stereocenters. The Kier molecular flexibility index (Phi) is 6.97. The van der Waals surface area contributed by atoms with Crippen molar-refractivity contribution in [1.29, 1.82) is 0 Å². The van der Waals surface area contributed by atoms with Crippen LogP contribution < -0.4 is 16.0 Å². The van der Waals surface area contributed by atoms with Gasteiger partial charge in [0.15, 0.2) is 0 Å². The smallest absolute Gasteiger partial charge is 0.251 e. The fourth-order valence-electron chi connectivity index (χ4n) is 3.54. The number of hydrogen-bond acceptors (Lipinski definition) is 5. The maximum atomic E-state index is 12.4. The summed E-state index contributed by atoms with van der Waals surface area (Å²) < 4.78 is 25.4. The molecule has 1 unspecified atom stereocenters. The van der Waals surface area contributed by atoms with E-state index in [0.717, 1.165) is 34.9 Å². The lowest BCUT2D eigenvalue weighted by Crippen LogP contribution is -2.41. The van der Waals surface area contributed by atoms with Crippen LogP contribution in [0.5, 0.6) is 0 Å². The van der Waals surface area contributed by atoms with Crippen LogP contribution in [0.3, 0.4) is 0 Å². The van der Waals surface area contributed by atoms with Crippen molar-refractivity contribution in [3.05, 3.63) is 59.7 Å². The zero-order valence-electron chi connectivity index (χ0n) is 17.7. The lowest BCUT2D eigenvalue weighted by Gasteiger charge is -2.33. The van der Waals surface area contributed by atoms with Gasteiger partial charge in [0.05, 0.1) is 10.8 Å². The number of nitrogens with one attached hydrogen (secondary N) is 1. The van der Waals surface area contributed by atoms with Crippen LogP contribution in [-0.4, -0.2) is 51.7 Å². The quantitative estimate of drug-likeness (QED) is 0.673. The molecule has 0 bridgehead atoms. The molecule has 0 saturated carbocycles. The number of anilines is 1. The van der Waals surface area contributed by atoms with Crippen molar-refractivity contribution in [3.63, 3.8) is 0 Å². The predicted molar refractivity (Wildman–Crippen MR) is 119 cm³/mol. The molecule has 166 valence electrons. The Morgan fingerprint density at radius 1 is 1.10 bits per heavy atom. The molecule has 1 aliphatic heterocycles. The molecule has 0 aliphatic carbocycles. The van der Waals surface area contributed by atoms with Gasteiger partial charge in [-0.25, -0.2) is 12.7 Å². The lowest BCUT2D eigenvalue weighted by molar-refractivity contribution is -0.122. The summed E-state index contributed by atoms with van der Waals surface area (Å²) in [5.41, 5.74) is 7.81. The minimum Gasteiger partial charge on any atom is -0.371 e. The van der Waals surface area contributed by atoms with Crippen LogP contribution in [0.25, 0.3) is 0 Å². The van der Waals surface area contributed by atoms with Crippen LogP contribution in [-0.2, 0) is 21.4 Å². The summed E-state index contributed by atoms with van der Waals surface area (Å²) in [4.78, 5) is 26.2. The summed E-state index contributed by atoms with van der Waals surface area (Å²) in [6, 6.07) is 13.7. The van der Waals surface area contributed by atoms with Crippen molar-refractivity contribution in [1.82, 2.24) is 9.62 Å². The lowest BCUT2D eigenvalue weighted by atomic mass is 9.97. The standard InChI is InChI=1S/C22H28N4O4S/c1-25(2)31(29,30)20-11-7-17(8-12-20)22(28)24-14-16-5-9-19(10-6-16)26-13-3-4-18(15-26)21(23)27/h5-12,18H,3-4,13-15H2,1-2H3,(H2,23,27)(H,24,28). The highest BCUT2D eigenvalue weighted by atomic mass is 32.2. The summed E-state index contributed by atoms with van der Waals surface area (Å²) in [6.07, 6.45) is 1.76. The number of amides is 2. The van der Waals surface area contributed by atoms with Gasteiger partial charge in [-0.3, -0.25) is 9.59 Å². The van der Waals surface area contributed by atoms with E-state index in [2.05, 4.69) is 10.2 Å². The van der Waals surface area contributed by atoms with E-state index in [4.69, 9.17) is 5.73 Å². The Balaban J connectivity index is 1.58. The fourth-order valence-corrected chi connectivity index (χ4v) is 4.44. The van der Waals surface area contributed by atoms with E-state index < -0.39 is 10.0 Å². The first kappa shape index (κ1) is 22.8. The third-order valence-corrected chi connectivity index (χ3v) is 7.30. The number of piperidine rings is 1. The minimum absolute atomic E-state index is 0.119. The number of rotatable bonds is 7. The number of carbonyl (C=O) groups excluding carboxylic acids is 2. The van der Waals surface area contributed by atoms with Gasteiger partial charge in [-0.1, -0.05) is 12.1 Å². The number of benzene rings is 2. The van der Waals surface area contributed by atoms with E-state index in [-0.39, 0.29) is 22.6 Å².